The van der Waals surface area contributed by atoms with Crippen LogP contribution < -0.4 is 9.47 Å². The lowest BCUT2D eigenvalue weighted by Gasteiger charge is -2.37. The Labute approximate surface area is 145 Å². The van der Waals surface area contributed by atoms with Gasteiger partial charge in [0.05, 0.1) is 12.7 Å². The number of carboxylic acid groups (broad SMARTS) is 1. The number of rotatable bonds is 3. The monoisotopic (exact) mass is 348 g/mol. The van der Waals surface area contributed by atoms with E-state index in [-0.39, 0.29) is 18.0 Å². The fraction of sp³-hybridized carbons (Fsp3) is 0.222. The SMILES string of the molecule is COc1cccc(C2Oc3ccccc3C(=O)C2(C)C(=O)O)c1.Cl. The third kappa shape index (κ3) is 2.61. The lowest BCUT2D eigenvalue weighted by Crippen LogP contribution is -2.47. The highest BCUT2D eigenvalue weighted by molar-refractivity contribution is 6.14. The first-order chi connectivity index (χ1) is 11.0. The third-order valence-corrected chi connectivity index (χ3v) is 4.21. The van der Waals surface area contributed by atoms with Crippen LogP contribution in [-0.2, 0) is 4.79 Å². The molecular weight excluding hydrogens is 332 g/mol. The van der Waals surface area contributed by atoms with Gasteiger partial charge in [0, 0.05) is 0 Å². The summed E-state index contributed by atoms with van der Waals surface area (Å²) in [5.41, 5.74) is -0.839. The fourth-order valence-electron chi connectivity index (χ4n) is 2.82. The maximum atomic E-state index is 12.8. The molecule has 0 spiro atoms. The number of benzene rings is 2. The zero-order valence-electron chi connectivity index (χ0n) is 13.2. The summed E-state index contributed by atoms with van der Waals surface area (Å²) in [4.78, 5) is 24.7. The molecule has 1 N–H and O–H groups in total. The molecule has 2 aromatic rings. The molecule has 0 radical (unpaired) electrons. The number of fused-ring (bicyclic) bond motifs is 1. The molecular formula is C18H17ClO5. The number of carbonyl (C=O) groups excluding carboxylic acids is 1. The van der Waals surface area contributed by atoms with E-state index in [0.29, 0.717) is 17.1 Å². The molecule has 0 amide bonds. The smallest absolute Gasteiger partial charge is 0.321 e. The standard InChI is InChI=1S/C18H16O5.ClH/c1-18(17(20)21)15(19)13-8-3-4-9-14(13)23-16(18)11-6-5-7-12(10-11)22-2;/h3-10,16H,1-2H3,(H,20,21);1H. The number of ether oxygens (including phenoxy) is 2. The van der Waals surface area contributed by atoms with Crippen molar-refractivity contribution < 1.29 is 24.2 Å². The van der Waals surface area contributed by atoms with Crippen LogP contribution in [0.2, 0.25) is 0 Å². The summed E-state index contributed by atoms with van der Waals surface area (Å²) in [6, 6.07) is 13.6. The summed E-state index contributed by atoms with van der Waals surface area (Å²) in [6.07, 6.45) is -0.933. The van der Waals surface area contributed by atoms with E-state index in [2.05, 4.69) is 0 Å². The van der Waals surface area contributed by atoms with Crippen molar-refractivity contribution in [1.29, 1.82) is 0 Å². The normalized spacial score (nSPS) is 21.9. The first-order valence-corrected chi connectivity index (χ1v) is 7.16. The Morgan fingerprint density at radius 1 is 1.21 bits per heavy atom. The molecule has 1 aliphatic heterocycles. The van der Waals surface area contributed by atoms with Gasteiger partial charge in [-0.1, -0.05) is 24.3 Å². The number of halogens is 1. The van der Waals surface area contributed by atoms with Crippen molar-refractivity contribution in [1.82, 2.24) is 0 Å². The Morgan fingerprint density at radius 2 is 1.92 bits per heavy atom. The van der Waals surface area contributed by atoms with Crippen molar-refractivity contribution in [2.24, 2.45) is 5.41 Å². The zero-order chi connectivity index (χ0) is 16.6. The molecule has 0 saturated heterocycles. The van der Waals surface area contributed by atoms with Crippen molar-refractivity contribution in [3.63, 3.8) is 0 Å². The Bertz CT molecular complexity index is 788. The predicted octanol–water partition coefficient (Wildman–Crippen LogP) is 3.52. The number of Topliss-reactive ketones (excluding diaryl/α,β-unsaturated/α-hetero) is 1. The van der Waals surface area contributed by atoms with E-state index in [1.165, 1.54) is 14.0 Å². The number of hydrogen-bond donors (Lipinski definition) is 1. The summed E-state index contributed by atoms with van der Waals surface area (Å²) >= 11 is 0. The molecule has 126 valence electrons. The Morgan fingerprint density at radius 3 is 2.58 bits per heavy atom. The number of ketones is 1. The van der Waals surface area contributed by atoms with E-state index in [1.54, 1.807) is 48.5 Å². The van der Waals surface area contributed by atoms with Crippen LogP contribution >= 0.6 is 12.4 Å². The first kappa shape index (κ1) is 17.8. The van der Waals surface area contributed by atoms with E-state index in [9.17, 15) is 14.7 Å². The second kappa shape index (κ2) is 6.53. The quantitative estimate of drug-likeness (QED) is 0.859. The number of carbonyl (C=O) groups is 2. The number of methoxy groups -OCH3 is 1. The van der Waals surface area contributed by atoms with Gasteiger partial charge in [-0.2, -0.15) is 0 Å². The number of carboxylic acids is 1. The van der Waals surface area contributed by atoms with Gasteiger partial charge in [-0.25, -0.2) is 0 Å². The van der Waals surface area contributed by atoms with E-state index in [1.807, 2.05) is 0 Å². The maximum absolute atomic E-state index is 12.8. The summed E-state index contributed by atoms with van der Waals surface area (Å²) in [5, 5.41) is 9.72. The number of hydrogen-bond acceptors (Lipinski definition) is 4. The lowest BCUT2D eigenvalue weighted by molar-refractivity contribution is -0.150. The molecule has 24 heavy (non-hydrogen) atoms. The molecule has 6 heteroatoms. The summed E-state index contributed by atoms with van der Waals surface area (Å²) in [5.74, 6) is -0.710. The topological polar surface area (TPSA) is 72.8 Å². The molecule has 2 aromatic carbocycles. The Balaban J connectivity index is 0.00000208. The predicted molar refractivity (Wildman–Crippen MR) is 90.1 cm³/mol. The molecule has 0 aromatic heterocycles. The second-order valence-corrected chi connectivity index (χ2v) is 5.61. The van der Waals surface area contributed by atoms with Crippen molar-refractivity contribution in [3.05, 3.63) is 59.7 Å². The molecule has 1 aliphatic rings. The summed E-state index contributed by atoms with van der Waals surface area (Å²) in [7, 11) is 1.53. The molecule has 5 nitrogen and oxygen atoms in total. The summed E-state index contributed by atoms with van der Waals surface area (Å²) in [6.45, 7) is 1.40. The minimum atomic E-state index is -1.71. The van der Waals surface area contributed by atoms with Crippen molar-refractivity contribution in [2.45, 2.75) is 13.0 Å². The van der Waals surface area contributed by atoms with Crippen LogP contribution in [0.3, 0.4) is 0 Å². The van der Waals surface area contributed by atoms with Gasteiger partial charge in [-0.15, -0.1) is 12.4 Å². The third-order valence-electron chi connectivity index (χ3n) is 4.21. The van der Waals surface area contributed by atoms with E-state index < -0.39 is 23.3 Å². The zero-order valence-corrected chi connectivity index (χ0v) is 14.0. The highest BCUT2D eigenvalue weighted by atomic mass is 35.5. The van der Waals surface area contributed by atoms with Gasteiger partial charge >= 0.3 is 5.97 Å². The van der Waals surface area contributed by atoms with Gasteiger partial charge in [0.15, 0.2) is 11.2 Å². The van der Waals surface area contributed by atoms with Crippen LogP contribution in [0.5, 0.6) is 11.5 Å². The molecule has 0 aliphatic carbocycles. The van der Waals surface area contributed by atoms with Gasteiger partial charge < -0.3 is 14.6 Å². The molecule has 0 saturated carbocycles. The lowest BCUT2D eigenvalue weighted by atomic mass is 9.73. The second-order valence-electron chi connectivity index (χ2n) is 5.61. The van der Waals surface area contributed by atoms with Crippen LogP contribution in [-0.4, -0.2) is 24.0 Å². The van der Waals surface area contributed by atoms with Gasteiger partial charge in [-0.3, -0.25) is 9.59 Å². The van der Waals surface area contributed by atoms with E-state index in [0.717, 1.165) is 0 Å². The van der Waals surface area contributed by atoms with E-state index >= 15 is 0 Å². The van der Waals surface area contributed by atoms with Crippen molar-refractivity contribution >= 4 is 24.2 Å². The van der Waals surface area contributed by atoms with Crippen LogP contribution in [0, 0.1) is 5.41 Å². The number of para-hydroxylation sites is 1. The van der Waals surface area contributed by atoms with Gasteiger partial charge in [-0.05, 0) is 36.8 Å². The number of aliphatic carboxylic acids is 1. The molecule has 0 fully saturated rings. The van der Waals surface area contributed by atoms with Crippen LogP contribution in [0.25, 0.3) is 0 Å². The van der Waals surface area contributed by atoms with Gasteiger partial charge in [0.2, 0.25) is 0 Å². The maximum Gasteiger partial charge on any atom is 0.321 e. The van der Waals surface area contributed by atoms with E-state index in [4.69, 9.17) is 9.47 Å². The minimum Gasteiger partial charge on any atom is -0.497 e. The highest BCUT2D eigenvalue weighted by Gasteiger charge is 2.54. The highest BCUT2D eigenvalue weighted by Crippen LogP contribution is 2.47. The molecule has 2 unspecified atom stereocenters. The average Bonchev–Trinajstić information content (AvgIpc) is 2.58. The molecule has 3 rings (SSSR count). The van der Waals surface area contributed by atoms with Gasteiger partial charge in [0.25, 0.3) is 0 Å². The minimum absolute atomic E-state index is 0. The Hall–Kier alpha value is -2.53. The van der Waals surface area contributed by atoms with Crippen LogP contribution in [0.4, 0.5) is 0 Å². The molecule has 2 atom stereocenters. The van der Waals surface area contributed by atoms with Crippen molar-refractivity contribution in [3.8, 4) is 11.5 Å². The van der Waals surface area contributed by atoms with Crippen LogP contribution in [0.1, 0.15) is 28.9 Å². The van der Waals surface area contributed by atoms with Gasteiger partial charge in [0.1, 0.15) is 17.6 Å². The molecule has 0 bridgehead atoms. The summed E-state index contributed by atoms with van der Waals surface area (Å²) < 4.78 is 11.1. The molecule has 1 heterocycles. The Kier molecular flexibility index (Phi) is 4.85. The first-order valence-electron chi connectivity index (χ1n) is 7.16. The van der Waals surface area contributed by atoms with Crippen molar-refractivity contribution in [2.75, 3.05) is 7.11 Å². The average molecular weight is 349 g/mol. The fourth-order valence-corrected chi connectivity index (χ4v) is 2.82. The largest absolute Gasteiger partial charge is 0.497 e. The van der Waals surface area contributed by atoms with Crippen LogP contribution in [0.15, 0.2) is 48.5 Å².